The highest BCUT2D eigenvalue weighted by Gasteiger charge is 2.16. The Hall–Kier alpha value is -2.97. The van der Waals surface area contributed by atoms with Gasteiger partial charge in [-0.15, -0.1) is 0 Å². The third-order valence-electron chi connectivity index (χ3n) is 2.72. The molecule has 0 aliphatic rings. The van der Waals surface area contributed by atoms with Crippen LogP contribution in [0, 0.1) is 17.0 Å². The van der Waals surface area contributed by atoms with Gasteiger partial charge in [0.15, 0.2) is 0 Å². The summed E-state index contributed by atoms with van der Waals surface area (Å²) in [4.78, 5) is 35.5. The molecule has 104 valence electrons. The number of hydrogen-bond acceptors (Lipinski definition) is 5. The van der Waals surface area contributed by atoms with Crippen molar-refractivity contribution >= 4 is 11.6 Å². The first-order valence-corrected chi connectivity index (χ1v) is 5.63. The van der Waals surface area contributed by atoms with Gasteiger partial charge in [-0.2, -0.15) is 5.10 Å². The summed E-state index contributed by atoms with van der Waals surface area (Å²) < 4.78 is 0. The monoisotopic (exact) mass is 277 g/mol. The average Bonchev–Trinajstić information content (AvgIpc) is 2.81. The molecule has 0 bridgehead atoms. The summed E-state index contributed by atoms with van der Waals surface area (Å²) in [5.74, 6) is -0.685. The molecule has 20 heavy (non-hydrogen) atoms. The van der Waals surface area contributed by atoms with E-state index in [4.69, 9.17) is 0 Å². The van der Waals surface area contributed by atoms with Crippen molar-refractivity contribution in [2.45, 2.75) is 13.5 Å². The molecule has 2 heterocycles. The minimum absolute atomic E-state index is 0.170. The minimum Gasteiger partial charge on any atom is -0.348 e. The topological polar surface area (TPSA) is 134 Å². The number of carbonyl (C=O) groups is 1. The summed E-state index contributed by atoms with van der Waals surface area (Å²) in [6, 6.07) is 0.941. The lowest BCUT2D eigenvalue weighted by molar-refractivity contribution is -0.385. The lowest BCUT2D eigenvalue weighted by Gasteiger charge is -2.03. The molecule has 9 nitrogen and oxygen atoms in total. The van der Waals surface area contributed by atoms with Gasteiger partial charge in [0.2, 0.25) is 0 Å². The molecule has 2 rings (SSSR count). The highest BCUT2D eigenvalue weighted by molar-refractivity contribution is 5.94. The summed E-state index contributed by atoms with van der Waals surface area (Å²) in [5, 5.41) is 19.6. The zero-order valence-electron chi connectivity index (χ0n) is 10.5. The fourth-order valence-corrected chi connectivity index (χ4v) is 1.57. The largest absolute Gasteiger partial charge is 0.348 e. The van der Waals surface area contributed by atoms with Crippen molar-refractivity contribution in [2.24, 2.45) is 0 Å². The van der Waals surface area contributed by atoms with Gasteiger partial charge in [0, 0.05) is 23.9 Å². The first kappa shape index (κ1) is 13.5. The summed E-state index contributed by atoms with van der Waals surface area (Å²) >= 11 is 0. The minimum atomic E-state index is -0.688. The molecule has 0 aliphatic carbocycles. The molecule has 2 aromatic heterocycles. The maximum absolute atomic E-state index is 11.9. The standard InChI is InChI=1S/C11H11N5O4/c1-6-7(4-14-15-6)3-12-10(17)9-2-8(16(19)20)5-13-11(9)18/h2,4-5H,3H2,1H3,(H,12,17)(H,13,18)(H,14,15). The highest BCUT2D eigenvalue weighted by atomic mass is 16.6. The van der Waals surface area contributed by atoms with Crippen LogP contribution in [0.15, 0.2) is 23.3 Å². The second kappa shape index (κ2) is 5.34. The van der Waals surface area contributed by atoms with E-state index in [-0.39, 0.29) is 17.8 Å². The van der Waals surface area contributed by atoms with Crippen LogP contribution in [0.2, 0.25) is 0 Å². The van der Waals surface area contributed by atoms with Crippen molar-refractivity contribution in [3.8, 4) is 0 Å². The lowest BCUT2D eigenvalue weighted by Crippen LogP contribution is -2.29. The summed E-state index contributed by atoms with van der Waals surface area (Å²) in [6.07, 6.45) is 2.49. The third kappa shape index (κ3) is 2.71. The molecule has 0 fully saturated rings. The Kier molecular flexibility index (Phi) is 3.60. The number of pyridine rings is 1. The fraction of sp³-hybridized carbons (Fsp3) is 0.182. The van der Waals surface area contributed by atoms with E-state index in [1.807, 2.05) is 0 Å². The van der Waals surface area contributed by atoms with E-state index in [9.17, 15) is 19.7 Å². The summed E-state index contributed by atoms with van der Waals surface area (Å²) in [5.41, 5.74) is 0.213. The molecule has 1 amide bonds. The molecule has 0 aromatic carbocycles. The van der Waals surface area contributed by atoms with Crippen LogP contribution in [0.1, 0.15) is 21.6 Å². The molecular weight excluding hydrogens is 266 g/mol. The van der Waals surface area contributed by atoms with Crippen LogP contribution in [0.25, 0.3) is 0 Å². The molecule has 0 saturated heterocycles. The molecule has 0 saturated carbocycles. The number of aryl methyl sites for hydroxylation is 1. The van der Waals surface area contributed by atoms with Crippen LogP contribution in [0.5, 0.6) is 0 Å². The molecule has 9 heteroatoms. The van der Waals surface area contributed by atoms with Crippen molar-refractivity contribution in [3.63, 3.8) is 0 Å². The predicted molar refractivity (Wildman–Crippen MR) is 68.2 cm³/mol. The number of nitro groups is 1. The number of aromatic amines is 2. The van der Waals surface area contributed by atoms with E-state index in [1.165, 1.54) is 0 Å². The van der Waals surface area contributed by atoms with Gasteiger partial charge in [-0.25, -0.2) is 0 Å². The third-order valence-corrected chi connectivity index (χ3v) is 2.72. The SMILES string of the molecule is Cc1[nH]ncc1CNC(=O)c1cc([N+](=O)[O-])c[nH]c1=O. The van der Waals surface area contributed by atoms with Crippen LogP contribution in [0.4, 0.5) is 5.69 Å². The van der Waals surface area contributed by atoms with E-state index < -0.39 is 16.4 Å². The maximum atomic E-state index is 11.9. The van der Waals surface area contributed by atoms with Crippen LogP contribution in [-0.2, 0) is 6.54 Å². The van der Waals surface area contributed by atoms with Gasteiger partial charge in [-0.3, -0.25) is 24.8 Å². The Labute approximate surface area is 112 Å². The van der Waals surface area contributed by atoms with Gasteiger partial charge in [0.1, 0.15) is 5.56 Å². The van der Waals surface area contributed by atoms with Crippen molar-refractivity contribution in [1.29, 1.82) is 0 Å². The van der Waals surface area contributed by atoms with E-state index in [1.54, 1.807) is 13.1 Å². The number of carbonyl (C=O) groups excluding carboxylic acids is 1. The summed E-state index contributed by atoms with van der Waals surface area (Å²) in [7, 11) is 0. The van der Waals surface area contributed by atoms with E-state index in [0.29, 0.717) is 0 Å². The van der Waals surface area contributed by atoms with E-state index >= 15 is 0 Å². The maximum Gasteiger partial charge on any atom is 0.286 e. The Balaban J connectivity index is 2.17. The van der Waals surface area contributed by atoms with Crippen LogP contribution < -0.4 is 10.9 Å². The van der Waals surface area contributed by atoms with Gasteiger partial charge in [-0.05, 0) is 6.92 Å². The van der Waals surface area contributed by atoms with Crippen molar-refractivity contribution in [2.75, 3.05) is 0 Å². The predicted octanol–water partition coefficient (Wildman–Crippen LogP) is 0.245. The molecule has 0 atom stereocenters. The van der Waals surface area contributed by atoms with E-state index in [0.717, 1.165) is 23.5 Å². The van der Waals surface area contributed by atoms with Gasteiger partial charge < -0.3 is 10.3 Å². The van der Waals surface area contributed by atoms with Crippen molar-refractivity contribution in [1.82, 2.24) is 20.5 Å². The average molecular weight is 277 g/mol. The molecule has 2 aromatic rings. The Morgan fingerprint density at radius 3 is 2.90 bits per heavy atom. The van der Waals surface area contributed by atoms with E-state index in [2.05, 4.69) is 20.5 Å². The molecular formula is C11H11N5O4. The van der Waals surface area contributed by atoms with Crippen LogP contribution in [0.3, 0.4) is 0 Å². The summed E-state index contributed by atoms with van der Waals surface area (Å²) in [6.45, 7) is 1.96. The normalized spacial score (nSPS) is 10.2. The second-order valence-corrected chi connectivity index (χ2v) is 4.06. The second-order valence-electron chi connectivity index (χ2n) is 4.06. The first-order chi connectivity index (χ1) is 9.49. The number of amides is 1. The number of aromatic nitrogens is 3. The lowest BCUT2D eigenvalue weighted by atomic mass is 10.2. The Bertz CT molecular complexity index is 718. The van der Waals surface area contributed by atoms with Crippen LogP contribution >= 0.6 is 0 Å². The number of hydrogen-bond donors (Lipinski definition) is 3. The Morgan fingerprint density at radius 2 is 2.30 bits per heavy atom. The van der Waals surface area contributed by atoms with Crippen molar-refractivity contribution in [3.05, 3.63) is 55.7 Å². The number of H-pyrrole nitrogens is 2. The first-order valence-electron chi connectivity index (χ1n) is 5.63. The Morgan fingerprint density at radius 1 is 1.55 bits per heavy atom. The van der Waals surface area contributed by atoms with Gasteiger partial charge in [0.25, 0.3) is 17.2 Å². The van der Waals surface area contributed by atoms with Gasteiger partial charge in [0.05, 0.1) is 17.3 Å². The molecule has 0 radical (unpaired) electrons. The quantitative estimate of drug-likeness (QED) is 0.543. The molecule has 0 aliphatic heterocycles. The molecule has 0 unspecified atom stereocenters. The highest BCUT2D eigenvalue weighted by Crippen LogP contribution is 2.08. The fourth-order valence-electron chi connectivity index (χ4n) is 1.57. The molecule has 3 N–H and O–H groups in total. The zero-order valence-corrected chi connectivity index (χ0v) is 10.5. The van der Waals surface area contributed by atoms with Crippen LogP contribution in [-0.4, -0.2) is 26.0 Å². The van der Waals surface area contributed by atoms with Crippen molar-refractivity contribution < 1.29 is 9.72 Å². The number of nitrogens with one attached hydrogen (secondary N) is 3. The number of rotatable bonds is 4. The smallest absolute Gasteiger partial charge is 0.286 e. The molecule has 0 spiro atoms. The van der Waals surface area contributed by atoms with Gasteiger partial charge in [-0.1, -0.05) is 0 Å². The van der Waals surface area contributed by atoms with Gasteiger partial charge >= 0.3 is 0 Å². The zero-order chi connectivity index (χ0) is 14.7. The number of nitrogens with zero attached hydrogens (tertiary/aromatic N) is 2.